The van der Waals surface area contributed by atoms with Gasteiger partial charge in [0.05, 0.1) is 12.0 Å². The number of aliphatic carboxylic acids is 1. The van der Waals surface area contributed by atoms with Crippen LogP contribution < -0.4 is 0 Å². The fourth-order valence-electron chi connectivity index (χ4n) is 4.51. The summed E-state index contributed by atoms with van der Waals surface area (Å²) in [5.41, 5.74) is 3.70. The van der Waals surface area contributed by atoms with Crippen molar-refractivity contribution in [1.29, 1.82) is 0 Å². The van der Waals surface area contributed by atoms with Crippen LogP contribution in [0.4, 0.5) is 4.39 Å². The number of fused-ring (bicyclic) bond motifs is 3. The number of nitrogens with zero attached hydrogens (tertiary/aromatic N) is 3. The van der Waals surface area contributed by atoms with Crippen molar-refractivity contribution < 1.29 is 19.1 Å². The molecule has 4 rings (SSSR count). The number of aromatic nitrogens is 2. The fourth-order valence-corrected chi connectivity index (χ4v) is 4.51. The van der Waals surface area contributed by atoms with Crippen LogP contribution in [0.2, 0.25) is 0 Å². The minimum atomic E-state index is -0.845. The maximum Gasteiger partial charge on any atom is 0.309 e. The van der Waals surface area contributed by atoms with Gasteiger partial charge in [0.1, 0.15) is 11.5 Å². The summed E-state index contributed by atoms with van der Waals surface area (Å²) >= 11 is 0. The van der Waals surface area contributed by atoms with Gasteiger partial charge in [0.2, 0.25) is 5.91 Å². The second-order valence-electron chi connectivity index (χ2n) is 9.58. The highest BCUT2D eigenvalue weighted by atomic mass is 19.1. The van der Waals surface area contributed by atoms with Crippen LogP contribution in [0.1, 0.15) is 55.5 Å². The van der Waals surface area contributed by atoms with E-state index in [4.69, 9.17) is 0 Å². The molecule has 0 saturated carbocycles. The van der Waals surface area contributed by atoms with E-state index in [1.807, 2.05) is 17.0 Å². The predicted molar refractivity (Wildman–Crippen MR) is 124 cm³/mol. The van der Waals surface area contributed by atoms with Crippen LogP contribution in [0.3, 0.4) is 0 Å². The maximum atomic E-state index is 14.2. The van der Waals surface area contributed by atoms with E-state index in [0.717, 1.165) is 28.7 Å². The zero-order chi connectivity index (χ0) is 23.8. The molecule has 0 unspecified atom stereocenters. The van der Waals surface area contributed by atoms with Gasteiger partial charge in [-0.2, -0.15) is 0 Å². The van der Waals surface area contributed by atoms with Crippen molar-refractivity contribution in [2.45, 2.75) is 59.5 Å². The lowest BCUT2D eigenvalue weighted by Gasteiger charge is -2.29. The molecule has 0 atom stereocenters. The summed E-state index contributed by atoms with van der Waals surface area (Å²) in [4.78, 5) is 30.7. The van der Waals surface area contributed by atoms with E-state index in [1.54, 1.807) is 39.1 Å². The number of amides is 1. The molecule has 3 aromatic rings. The first-order valence-electron chi connectivity index (χ1n) is 11.4. The van der Waals surface area contributed by atoms with Crippen LogP contribution >= 0.6 is 0 Å². The van der Waals surface area contributed by atoms with Gasteiger partial charge >= 0.3 is 5.97 Å². The summed E-state index contributed by atoms with van der Waals surface area (Å²) < 4.78 is 16.3. The number of carbonyl (C=O) groups excluding carboxylic acids is 1. The number of rotatable bonds is 7. The van der Waals surface area contributed by atoms with Gasteiger partial charge in [-0.25, -0.2) is 9.37 Å². The molecule has 1 N–H and O–H groups in total. The van der Waals surface area contributed by atoms with Gasteiger partial charge in [0.15, 0.2) is 0 Å². The van der Waals surface area contributed by atoms with Crippen molar-refractivity contribution in [3.8, 4) is 0 Å². The highest BCUT2D eigenvalue weighted by Gasteiger charge is 2.29. The average molecular weight is 452 g/mol. The van der Waals surface area contributed by atoms with Gasteiger partial charge in [-0.15, -0.1) is 0 Å². The summed E-state index contributed by atoms with van der Waals surface area (Å²) in [7, 11) is 0. The lowest BCUT2D eigenvalue weighted by atomic mass is 9.87. The summed E-state index contributed by atoms with van der Waals surface area (Å²) in [6.45, 7) is 6.70. The highest BCUT2D eigenvalue weighted by molar-refractivity contribution is 5.84. The van der Waals surface area contributed by atoms with Gasteiger partial charge in [0, 0.05) is 36.8 Å². The third-order valence-corrected chi connectivity index (χ3v) is 6.71. The lowest BCUT2D eigenvalue weighted by molar-refractivity contribution is -0.147. The fraction of sp³-hybridized carbons (Fsp3) is 0.423. The van der Waals surface area contributed by atoms with Gasteiger partial charge in [-0.1, -0.05) is 12.1 Å². The molecule has 0 bridgehead atoms. The average Bonchev–Trinajstić information content (AvgIpc) is 3.09. The number of carbonyl (C=O) groups is 2. The van der Waals surface area contributed by atoms with Crippen molar-refractivity contribution in [2.24, 2.45) is 5.41 Å². The lowest BCUT2D eigenvalue weighted by Crippen LogP contribution is -2.36. The van der Waals surface area contributed by atoms with Crippen molar-refractivity contribution in [3.63, 3.8) is 0 Å². The standard InChI is InChI=1S/C26H30FN3O3/c1-17-8-9-18(14-21(17)27)15-30-22-16-29(23(31)7-4-11-26(2,3)25(32)33)13-10-19(22)20-6-5-12-28-24(20)30/h5-6,8-9,12,14H,4,7,10-11,13,15-16H2,1-3H3,(H,32,33). The van der Waals surface area contributed by atoms with E-state index in [-0.39, 0.29) is 11.7 Å². The van der Waals surface area contributed by atoms with Crippen LogP contribution in [0, 0.1) is 18.2 Å². The minimum Gasteiger partial charge on any atom is -0.481 e. The summed E-state index contributed by atoms with van der Waals surface area (Å²) in [6.07, 6.45) is 3.81. The molecule has 0 fully saturated rings. The Morgan fingerprint density at radius 3 is 2.76 bits per heavy atom. The number of benzene rings is 1. The van der Waals surface area contributed by atoms with Gasteiger partial charge in [-0.05, 0) is 74.9 Å². The van der Waals surface area contributed by atoms with Gasteiger partial charge in [0.25, 0.3) is 0 Å². The highest BCUT2D eigenvalue weighted by Crippen LogP contribution is 2.31. The number of halogens is 1. The van der Waals surface area contributed by atoms with Crippen LogP contribution in [0.25, 0.3) is 11.0 Å². The van der Waals surface area contributed by atoms with Crippen molar-refractivity contribution in [2.75, 3.05) is 6.54 Å². The van der Waals surface area contributed by atoms with E-state index >= 15 is 0 Å². The molecule has 3 heterocycles. The molecule has 174 valence electrons. The maximum absolute atomic E-state index is 14.2. The Labute approximate surface area is 193 Å². The number of pyridine rings is 1. The molecule has 7 heteroatoms. The Kier molecular flexibility index (Phi) is 6.23. The number of carboxylic acids is 1. The molecule has 0 aliphatic carbocycles. The normalized spacial score (nSPS) is 13.9. The van der Waals surface area contributed by atoms with Gasteiger partial charge < -0.3 is 14.6 Å². The van der Waals surface area contributed by atoms with Crippen LogP contribution in [0.15, 0.2) is 36.5 Å². The zero-order valence-corrected chi connectivity index (χ0v) is 19.4. The molecule has 0 radical (unpaired) electrons. The predicted octanol–water partition coefficient (Wildman–Crippen LogP) is 4.70. The van der Waals surface area contributed by atoms with Crippen LogP contribution in [0.5, 0.6) is 0 Å². The smallest absolute Gasteiger partial charge is 0.309 e. The van der Waals surface area contributed by atoms with Crippen LogP contribution in [-0.4, -0.2) is 38.0 Å². The van der Waals surface area contributed by atoms with E-state index in [9.17, 15) is 19.1 Å². The minimum absolute atomic E-state index is 0.0352. The molecule has 2 aromatic heterocycles. The first-order chi connectivity index (χ1) is 15.7. The summed E-state index contributed by atoms with van der Waals surface area (Å²) in [5, 5.41) is 10.4. The molecule has 1 aromatic carbocycles. The Morgan fingerprint density at radius 2 is 2.03 bits per heavy atom. The molecule has 0 spiro atoms. The third kappa shape index (κ3) is 4.63. The Hall–Kier alpha value is -3.22. The first-order valence-corrected chi connectivity index (χ1v) is 11.4. The first kappa shape index (κ1) is 23.0. The second kappa shape index (κ2) is 8.96. The Morgan fingerprint density at radius 1 is 1.24 bits per heavy atom. The Bertz CT molecular complexity index is 1210. The number of carboxylic acid groups (broad SMARTS) is 1. The molecule has 0 saturated heterocycles. The molecule has 1 amide bonds. The van der Waals surface area contributed by atoms with Crippen molar-refractivity contribution in [1.82, 2.24) is 14.5 Å². The summed E-state index contributed by atoms with van der Waals surface area (Å²) in [6, 6.07) is 9.24. The summed E-state index contributed by atoms with van der Waals surface area (Å²) in [5.74, 6) is -1.04. The molecule has 1 aliphatic rings. The largest absolute Gasteiger partial charge is 0.481 e. The molecular weight excluding hydrogens is 421 g/mol. The van der Waals surface area contributed by atoms with E-state index < -0.39 is 11.4 Å². The molecular formula is C26H30FN3O3. The Balaban J connectivity index is 1.56. The number of aryl methyl sites for hydroxylation is 1. The van der Waals surface area contributed by atoms with Crippen molar-refractivity contribution >= 4 is 22.9 Å². The van der Waals surface area contributed by atoms with E-state index in [2.05, 4.69) is 15.6 Å². The SMILES string of the molecule is Cc1ccc(Cn2c3c(c4cccnc42)CCN(C(=O)CCCC(C)(C)C(=O)O)C3)cc1F. The van der Waals surface area contributed by atoms with E-state index in [1.165, 1.54) is 5.56 Å². The quantitative estimate of drug-likeness (QED) is 0.565. The topological polar surface area (TPSA) is 75.4 Å². The zero-order valence-electron chi connectivity index (χ0n) is 19.4. The second-order valence-corrected chi connectivity index (χ2v) is 9.58. The molecule has 6 nitrogen and oxygen atoms in total. The molecule has 1 aliphatic heterocycles. The van der Waals surface area contributed by atoms with Crippen LogP contribution in [-0.2, 0) is 29.1 Å². The number of hydrogen-bond donors (Lipinski definition) is 1. The third-order valence-electron chi connectivity index (χ3n) is 6.71. The number of hydrogen-bond acceptors (Lipinski definition) is 3. The van der Waals surface area contributed by atoms with Gasteiger partial charge in [-0.3, -0.25) is 9.59 Å². The molecule has 33 heavy (non-hydrogen) atoms. The van der Waals surface area contributed by atoms with Crippen molar-refractivity contribution in [3.05, 3.63) is 64.7 Å². The monoisotopic (exact) mass is 451 g/mol. The van der Waals surface area contributed by atoms with E-state index in [0.29, 0.717) is 44.5 Å².